The number of rotatable bonds is 2. The van der Waals surface area contributed by atoms with E-state index in [4.69, 9.17) is 0 Å². The molecule has 12 heavy (non-hydrogen) atoms. The van der Waals surface area contributed by atoms with Gasteiger partial charge in [0.2, 0.25) is 0 Å². The zero-order chi connectivity index (χ0) is 9.14. The topological polar surface area (TPSA) is 0 Å². The third kappa shape index (κ3) is 1.91. The Balaban J connectivity index is 2.62. The van der Waals surface area contributed by atoms with Crippen molar-refractivity contribution in [3.63, 3.8) is 0 Å². The molecule has 0 nitrogen and oxygen atoms in total. The molecule has 0 spiro atoms. The molecule has 0 heterocycles. The van der Waals surface area contributed by atoms with Gasteiger partial charge in [-0.1, -0.05) is 33.3 Å². The molecule has 1 aliphatic rings. The second-order valence-corrected chi connectivity index (χ2v) is 4.53. The standard InChI is InChI=1S/C12H22/c1-5-11-8-9(3)7-10(4)12(11)6-2/h5,9-12H,1,6-8H2,2-4H3. The van der Waals surface area contributed by atoms with E-state index in [1.807, 2.05) is 0 Å². The SMILES string of the molecule is C=CC1CC(C)CC(C)C1CC. The number of allylic oxidation sites excluding steroid dienone is 1. The lowest BCUT2D eigenvalue weighted by atomic mass is 9.68. The van der Waals surface area contributed by atoms with Gasteiger partial charge in [0, 0.05) is 0 Å². The van der Waals surface area contributed by atoms with E-state index < -0.39 is 0 Å². The van der Waals surface area contributed by atoms with Crippen molar-refractivity contribution in [2.45, 2.75) is 40.0 Å². The van der Waals surface area contributed by atoms with E-state index in [1.165, 1.54) is 19.3 Å². The molecule has 4 atom stereocenters. The van der Waals surface area contributed by atoms with Gasteiger partial charge in [0.05, 0.1) is 0 Å². The van der Waals surface area contributed by atoms with E-state index >= 15 is 0 Å². The highest BCUT2D eigenvalue weighted by Crippen LogP contribution is 2.39. The average molecular weight is 166 g/mol. The molecule has 0 radical (unpaired) electrons. The number of hydrogen-bond acceptors (Lipinski definition) is 0. The first-order valence-electron chi connectivity index (χ1n) is 5.31. The zero-order valence-corrected chi connectivity index (χ0v) is 8.72. The molecule has 4 unspecified atom stereocenters. The van der Waals surface area contributed by atoms with Crippen LogP contribution in [0.3, 0.4) is 0 Å². The minimum atomic E-state index is 0.786. The lowest BCUT2D eigenvalue weighted by Crippen LogP contribution is -2.28. The van der Waals surface area contributed by atoms with Crippen molar-refractivity contribution in [2.75, 3.05) is 0 Å². The molecule has 0 saturated heterocycles. The highest BCUT2D eigenvalue weighted by atomic mass is 14.4. The molecule has 0 bridgehead atoms. The zero-order valence-electron chi connectivity index (χ0n) is 8.72. The first-order valence-corrected chi connectivity index (χ1v) is 5.31. The Kier molecular flexibility index (Phi) is 3.37. The molecule has 0 aromatic carbocycles. The molecule has 70 valence electrons. The van der Waals surface area contributed by atoms with Crippen LogP contribution in [-0.2, 0) is 0 Å². The molecule has 0 aromatic heterocycles. The Bertz CT molecular complexity index is 148. The van der Waals surface area contributed by atoms with Crippen molar-refractivity contribution in [1.82, 2.24) is 0 Å². The van der Waals surface area contributed by atoms with E-state index in [9.17, 15) is 0 Å². The van der Waals surface area contributed by atoms with Crippen LogP contribution >= 0.6 is 0 Å². The van der Waals surface area contributed by atoms with Gasteiger partial charge in [0.1, 0.15) is 0 Å². The van der Waals surface area contributed by atoms with Crippen LogP contribution in [0, 0.1) is 23.7 Å². The summed E-state index contributed by atoms with van der Waals surface area (Å²) in [5, 5.41) is 0. The summed E-state index contributed by atoms with van der Waals surface area (Å²) < 4.78 is 0. The van der Waals surface area contributed by atoms with Gasteiger partial charge in [-0.3, -0.25) is 0 Å². The molecule has 0 aliphatic heterocycles. The van der Waals surface area contributed by atoms with Crippen molar-refractivity contribution < 1.29 is 0 Å². The van der Waals surface area contributed by atoms with Crippen molar-refractivity contribution >= 4 is 0 Å². The summed E-state index contributed by atoms with van der Waals surface area (Å²) in [5.74, 6) is 3.50. The summed E-state index contributed by atoms with van der Waals surface area (Å²) in [6.07, 6.45) is 6.29. The van der Waals surface area contributed by atoms with Crippen LogP contribution in [0.2, 0.25) is 0 Å². The Morgan fingerprint density at radius 2 is 2.00 bits per heavy atom. The van der Waals surface area contributed by atoms with Crippen LogP contribution in [0.25, 0.3) is 0 Å². The molecule has 0 N–H and O–H groups in total. The maximum atomic E-state index is 3.95. The monoisotopic (exact) mass is 166 g/mol. The number of hydrogen-bond donors (Lipinski definition) is 0. The Labute approximate surface area is 77.1 Å². The van der Waals surface area contributed by atoms with Crippen LogP contribution in [0.15, 0.2) is 12.7 Å². The van der Waals surface area contributed by atoms with Crippen molar-refractivity contribution in [3.8, 4) is 0 Å². The minimum absolute atomic E-state index is 0.786. The van der Waals surface area contributed by atoms with Crippen LogP contribution < -0.4 is 0 Å². The van der Waals surface area contributed by atoms with Crippen LogP contribution in [0.4, 0.5) is 0 Å². The molecule has 0 heteroatoms. The van der Waals surface area contributed by atoms with Crippen LogP contribution in [-0.4, -0.2) is 0 Å². The molecular weight excluding hydrogens is 144 g/mol. The smallest absolute Gasteiger partial charge is 0.0203 e. The predicted molar refractivity (Wildman–Crippen MR) is 55.0 cm³/mol. The van der Waals surface area contributed by atoms with Crippen molar-refractivity contribution in [1.29, 1.82) is 0 Å². The van der Waals surface area contributed by atoms with Gasteiger partial charge >= 0.3 is 0 Å². The lowest BCUT2D eigenvalue weighted by Gasteiger charge is -2.37. The summed E-state index contributed by atoms with van der Waals surface area (Å²) in [5.41, 5.74) is 0. The fraction of sp³-hybridized carbons (Fsp3) is 0.833. The van der Waals surface area contributed by atoms with Crippen molar-refractivity contribution in [3.05, 3.63) is 12.7 Å². The molecule has 1 fully saturated rings. The highest BCUT2D eigenvalue weighted by Gasteiger charge is 2.30. The average Bonchev–Trinajstić information content (AvgIpc) is 2.03. The van der Waals surface area contributed by atoms with Crippen LogP contribution in [0.1, 0.15) is 40.0 Å². The van der Waals surface area contributed by atoms with Crippen LogP contribution in [0.5, 0.6) is 0 Å². The van der Waals surface area contributed by atoms with Gasteiger partial charge in [0.25, 0.3) is 0 Å². The second kappa shape index (κ2) is 4.11. The summed E-state index contributed by atoms with van der Waals surface area (Å²) in [4.78, 5) is 0. The predicted octanol–water partition coefficient (Wildman–Crippen LogP) is 3.88. The quantitative estimate of drug-likeness (QED) is 0.546. The van der Waals surface area contributed by atoms with Gasteiger partial charge in [-0.05, 0) is 36.5 Å². The largest absolute Gasteiger partial charge is 0.103 e. The Morgan fingerprint density at radius 3 is 2.50 bits per heavy atom. The second-order valence-electron chi connectivity index (χ2n) is 4.53. The maximum absolute atomic E-state index is 3.95. The van der Waals surface area contributed by atoms with Gasteiger partial charge in [-0.2, -0.15) is 0 Å². The molecular formula is C12H22. The first-order chi connectivity index (χ1) is 5.69. The summed E-state index contributed by atoms with van der Waals surface area (Å²) >= 11 is 0. The van der Waals surface area contributed by atoms with E-state index in [0.29, 0.717) is 0 Å². The molecule has 1 aliphatic carbocycles. The van der Waals surface area contributed by atoms with Crippen molar-refractivity contribution in [2.24, 2.45) is 23.7 Å². The molecule has 0 amide bonds. The van der Waals surface area contributed by atoms with E-state index in [-0.39, 0.29) is 0 Å². The Hall–Kier alpha value is -0.260. The Morgan fingerprint density at radius 1 is 1.33 bits per heavy atom. The maximum Gasteiger partial charge on any atom is -0.0203 e. The third-order valence-electron chi connectivity index (χ3n) is 3.50. The summed E-state index contributed by atoms with van der Waals surface area (Å²) in [6.45, 7) is 11.0. The highest BCUT2D eigenvalue weighted by molar-refractivity contribution is 4.91. The summed E-state index contributed by atoms with van der Waals surface area (Å²) in [7, 11) is 0. The molecule has 1 rings (SSSR count). The fourth-order valence-electron chi connectivity index (χ4n) is 2.94. The first kappa shape index (κ1) is 9.83. The van der Waals surface area contributed by atoms with Gasteiger partial charge in [0.15, 0.2) is 0 Å². The molecule has 1 saturated carbocycles. The van der Waals surface area contributed by atoms with E-state index in [2.05, 4.69) is 33.4 Å². The lowest BCUT2D eigenvalue weighted by molar-refractivity contribution is 0.150. The van der Waals surface area contributed by atoms with E-state index in [1.54, 1.807) is 0 Å². The minimum Gasteiger partial charge on any atom is -0.103 e. The molecule has 0 aromatic rings. The summed E-state index contributed by atoms with van der Waals surface area (Å²) in [6, 6.07) is 0. The van der Waals surface area contributed by atoms with Gasteiger partial charge in [-0.15, -0.1) is 6.58 Å². The third-order valence-corrected chi connectivity index (χ3v) is 3.50. The van der Waals surface area contributed by atoms with Gasteiger partial charge < -0.3 is 0 Å². The fourth-order valence-corrected chi connectivity index (χ4v) is 2.94. The van der Waals surface area contributed by atoms with Gasteiger partial charge in [-0.25, -0.2) is 0 Å². The van der Waals surface area contributed by atoms with E-state index in [0.717, 1.165) is 23.7 Å². The normalized spacial score (nSPS) is 42.6.